The number of thioether (sulfide) groups is 1. The van der Waals surface area contributed by atoms with Crippen LogP contribution in [0.3, 0.4) is 0 Å². The number of anilines is 2. The van der Waals surface area contributed by atoms with E-state index in [1.165, 1.54) is 56.9 Å². The van der Waals surface area contributed by atoms with Crippen molar-refractivity contribution < 1.29 is 13.2 Å². The highest BCUT2D eigenvalue weighted by atomic mass is 35.5. The van der Waals surface area contributed by atoms with E-state index in [1.807, 2.05) is 0 Å². The van der Waals surface area contributed by atoms with E-state index in [4.69, 9.17) is 11.6 Å². The summed E-state index contributed by atoms with van der Waals surface area (Å²) in [6.07, 6.45) is 4.87. The van der Waals surface area contributed by atoms with Gasteiger partial charge in [-0.25, -0.2) is 12.7 Å². The molecule has 2 aliphatic rings. The smallest absolute Gasteiger partial charge is 0.242 e. The van der Waals surface area contributed by atoms with Crippen LogP contribution in [0.25, 0.3) is 0 Å². The molecule has 1 amide bonds. The Morgan fingerprint density at radius 1 is 1.25 bits per heavy atom. The molecule has 2 fully saturated rings. The van der Waals surface area contributed by atoms with Crippen molar-refractivity contribution in [2.45, 2.75) is 48.2 Å². The summed E-state index contributed by atoms with van der Waals surface area (Å²) >= 11 is 7.69. The van der Waals surface area contributed by atoms with Crippen LogP contribution in [-0.2, 0) is 14.8 Å². The first-order valence-electron chi connectivity index (χ1n) is 10.6. The second-order valence-corrected chi connectivity index (χ2v) is 11.8. The van der Waals surface area contributed by atoms with Crippen LogP contribution in [0.5, 0.6) is 0 Å². The predicted octanol–water partition coefficient (Wildman–Crippen LogP) is 3.24. The van der Waals surface area contributed by atoms with Crippen molar-refractivity contribution in [1.82, 2.24) is 19.1 Å². The van der Waals surface area contributed by atoms with Crippen LogP contribution in [0.4, 0.5) is 11.6 Å². The standard InChI is InChI=1S/C20H27ClN6O3S2/c1-25(2)32(29,30)15-7-8-16(21)17(13-15)22-18(28)9-12-31-20-24-23-19(26-10-3-4-11-26)27(20)14-5-6-14/h7-8,13-14H,3-6,9-12H2,1-2H3,(H,22,28). The van der Waals surface area contributed by atoms with Crippen molar-refractivity contribution in [3.05, 3.63) is 23.2 Å². The van der Waals surface area contributed by atoms with Crippen LogP contribution in [0, 0.1) is 0 Å². The highest BCUT2D eigenvalue weighted by molar-refractivity contribution is 7.99. The lowest BCUT2D eigenvalue weighted by molar-refractivity contribution is -0.115. The van der Waals surface area contributed by atoms with E-state index >= 15 is 0 Å². The zero-order chi connectivity index (χ0) is 22.9. The van der Waals surface area contributed by atoms with Crippen LogP contribution in [0.2, 0.25) is 5.02 Å². The van der Waals surface area contributed by atoms with E-state index in [0.29, 0.717) is 11.8 Å². The molecule has 0 unspecified atom stereocenters. The summed E-state index contributed by atoms with van der Waals surface area (Å²) in [5, 5.41) is 12.7. The number of carbonyl (C=O) groups is 1. The van der Waals surface area contributed by atoms with Gasteiger partial charge in [-0.1, -0.05) is 23.4 Å². The second-order valence-electron chi connectivity index (χ2n) is 8.15. The number of nitrogens with zero attached hydrogens (tertiary/aromatic N) is 5. The molecule has 2 aromatic rings. The van der Waals surface area contributed by atoms with Gasteiger partial charge in [0.2, 0.25) is 21.9 Å². The Morgan fingerprint density at radius 2 is 1.97 bits per heavy atom. The maximum absolute atomic E-state index is 12.5. The van der Waals surface area contributed by atoms with Gasteiger partial charge in [-0.15, -0.1) is 10.2 Å². The van der Waals surface area contributed by atoms with Gasteiger partial charge in [0.1, 0.15) is 0 Å². The van der Waals surface area contributed by atoms with Gasteiger partial charge in [-0.2, -0.15) is 0 Å². The molecule has 32 heavy (non-hydrogen) atoms. The molecule has 0 bridgehead atoms. The Balaban J connectivity index is 1.37. The SMILES string of the molecule is CN(C)S(=O)(=O)c1ccc(Cl)c(NC(=O)CCSc2nnc(N3CCCC3)n2C2CC2)c1. The number of amides is 1. The lowest BCUT2D eigenvalue weighted by Crippen LogP contribution is -2.22. The molecular weight excluding hydrogens is 472 g/mol. The Kier molecular flexibility index (Phi) is 6.99. The molecule has 0 spiro atoms. The molecule has 12 heteroatoms. The molecule has 1 aromatic carbocycles. The zero-order valence-electron chi connectivity index (χ0n) is 18.1. The molecule has 4 rings (SSSR count). The monoisotopic (exact) mass is 498 g/mol. The van der Waals surface area contributed by atoms with Crippen LogP contribution in [0.15, 0.2) is 28.3 Å². The fraction of sp³-hybridized carbons (Fsp3) is 0.550. The number of carbonyl (C=O) groups excluding carboxylic acids is 1. The molecule has 1 aliphatic heterocycles. The minimum Gasteiger partial charge on any atom is -0.341 e. The molecule has 174 valence electrons. The van der Waals surface area contributed by atoms with Gasteiger partial charge in [-0.3, -0.25) is 9.36 Å². The minimum absolute atomic E-state index is 0.0727. The molecule has 0 atom stereocenters. The summed E-state index contributed by atoms with van der Waals surface area (Å²) in [6, 6.07) is 4.73. The first kappa shape index (κ1) is 23.3. The van der Waals surface area contributed by atoms with Crippen LogP contribution < -0.4 is 10.2 Å². The number of rotatable bonds is 9. The highest BCUT2D eigenvalue weighted by Gasteiger charge is 2.32. The van der Waals surface area contributed by atoms with Gasteiger partial charge in [0.05, 0.1) is 15.6 Å². The second kappa shape index (κ2) is 9.58. The van der Waals surface area contributed by atoms with Crippen molar-refractivity contribution >= 4 is 50.9 Å². The van der Waals surface area contributed by atoms with Gasteiger partial charge < -0.3 is 10.2 Å². The first-order valence-corrected chi connectivity index (χ1v) is 13.4. The number of hydrogen-bond donors (Lipinski definition) is 1. The van der Waals surface area contributed by atoms with Gasteiger partial charge in [0.15, 0.2) is 5.16 Å². The van der Waals surface area contributed by atoms with Crippen molar-refractivity contribution in [2.75, 3.05) is 43.2 Å². The molecular formula is C20H27ClN6O3S2. The average molecular weight is 499 g/mol. The van der Waals surface area contributed by atoms with Crippen LogP contribution in [0.1, 0.15) is 38.1 Å². The van der Waals surface area contributed by atoms with Crippen LogP contribution >= 0.6 is 23.4 Å². The molecule has 9 nitrogen and oxygen atoms in total. The van der Waals surface area contributed by atoms with E-state index in [2.05, 4.69) is 25.0 Å². The number of hydrogen-bond acceptors (Lipinski definition) is 7. The summed E-state index contributed by atoms with van der Waals surface area (Å²) in [7, 11) is -0.713. The highest BCUT2D eigenvalue weighted by Crippen LogP contribution is 2.41. The topological polar surface area (TPSA) is 100 Å². The molecule has 1 saturated heterocycles. The number of halogens is 1. The van der Waals surface area contributed by atoms with Crippen molar-refractivity contribution in [2.24, 2.45) is 0 Å². The number of nitrogens with one attached hydrogen (secondary N) is 1. The fourth-order valence-corrected chi connectivity index (χ4v) is 5.60. The Bertz CT molecular complexity index is 1090. The normalized spacial score (nSPS) is 16.7. The summed E-state index contributed by atoms with van der Waals surface area (Å²) < 4.78 is 28.0. The lowest BCUT2D eigenvalue weighted by Gasteiger charge is -2.18. The molecule has 1 aromatic heterocycles. The van der Waals surface area contributed by atoms with Gasteiger partial charge >= 0.3 is 0 Å². The maximum Gasteiger partial charge on any atom is 0.242 e. The first-order chi connectivity index (χ1) is 15.3. The Morgan fingerprint density at radius 3 is 2.62 bits per heavy atom. The summed E-state index contributed by atoms with van der Waals surface area (Å²) in [6.45, 7) is 2.03. The third kappa shape index (κ3) is 5.05. The molecule has 2 heterocycles. The molecule has 1 saturated carbocycles. The van der Waals surface area contributed by atoms with E-state index in [-0.39, 0.29) is 27.9 Å². The molecule has 1 N–H and O–H groups in total. The number of aromatic nitrogens is 3. The number of benzene rings is 1. The summed E-state index contributed by atoms with van der Waals surface area (Å²) in [5.74, 6) is 1.24. The van der Waals surface area contributed by atoms with E-state index < -0.39 is 10.0 Å². The van der Waals surface area contributed by atoms with E-state index in [1.54, 1.807) is 0 Å². The Labute approximate surface area is 197 Å². The summed E-state index contributed by atoms with van der Waals surface area (Å²) in [4.78, 5) is 14.9. The van der Waals surface area contributed by atoms with Crippen molar-refractivity contribution in [3.8, 4) is 0 Å². The predicted molar refractivity (Wildman–Crippen MR) is 126 cm³/mol. The lowest BCUT2D eigenvalue weighted by atomic mass is 10.3. The maximum atomic E-state index is 12.5. The van der Waals surface area contributed by atoms with E-state index in [0.717, 1.165) is 41.3 Å². The van der Waals surface area contributed by atoms with Gasteiger partial charge in [-0.05, 0) is 43.9 Å². The average Bonchev–Trinajstić information content (AvgIpc) is 3.26. The van der Waals surface area contributed by atoms with Gasteiger partial charge in [0, 0.05) is 45.4 Å². The van der Waals surface area contributed by atoms with E-state index in [9.17, 15) is 13.2 Å². The quantitative estimate of drug-likeness (QED) is 0.529. The van der Waals surface area contributed by atoms with Crippen molar-refractivity contribution in [1.29, 1.82) is 0 Å². The van der Waals surface area contributed by atoms with Gasteiger partial charge in [0.25, 0.3) is 0 Å². The summed E-state index contributed by atoms with van der Waals surface area (Å²) in [5.41, 5.74) is 0.280. The minimum atomic E-state index is -3.62. The number of sulfonamides is 1. The molecule has 1 aliphatic carbocycles. The third-order valence-corrected chi connectivity index (χ3v) is 8.58. The van der Waals surface area contributed by atoms with Crippen LogP contribution in [-0.4, -0.2) is 66.3 Å². The van der Waals surface area contributed by atoms with Crippen molar-refractivity contribution in [3.63, 3.8) is 0 Å². The Hall–Kier alpha value is -1.82. The largest absolute Gasteiger partial charge is 0.341 e. The fourth-order valence-electron chi connectivity index (χ4n) is 3.57. The molecule has 0 radical (unpaired) electrons. The third-order valence-electron chi connectivity index (χ3n) is 5.50. The zero-order valence-corrected chi connectivity index (χ0v) is 20.5.